The summed E-state index contributed by atoms with van der Waals surface area (Å²) in [7, 11) is 0. The van der Waals surface area contributed by atoms with Crippen LogP contribution in [0.4, 0.5) is 5.69 Å². The minimum atomic E-state index is -0.259. The van der Waals surface area contributed by atoms with Crippen molar-refractivity contribution in [3.05, 3.63) is 82.3 Å². The molecule has 156 valence electrons. The van der Waals surface area contributed by atoms with Crippen LogP contribution >= 0.6 is 11.8 Å². The molecule has 4 rings (SSSR count). The second kappa shape index (κ2) is 8.61. The van der Waals surface area contributed by atoms with Crippen LogP contribution in [0.5, 0.6) is 0 Å². The molecule has 0 unspecified atom stereocenters. The van der Waals surface area contributed by atoms with Crippen LogP contribution in [0.15, 0.2) is 70.6 Å². The van der Waals surface area contributed by atoms with Gasteiger partial charge in [0.15, 0.2) is 10.9 Å². The van der Waals surface area contributed by atoms with E-state index in [4.69, 9.17) is 0 Å². The minimum absolute atomic E-state index is 0.0541. The fraction of sp³-hybridized carbons (Fsp3) is 0.130. The number of nitrogens with one attached hydrogen (secondary N) is 2. The third kappa shape index (κ3) is 4.44. The molecule has 1 amide bonds. The molecule has 0 atom stereocenters. The van der Waals surface area contributed by atoms with Gasteiger partial charge in [-0.3, -0.25) is 19.0 Å². The number of carbonyl (C=O) groups excluding carboxylic acids is 2. The largest absolute Gasteiger partial charge is 0.353 e. The molecule has 2 aromatic heterocycles. The number of hydrogen-bond donors (Lipinski definition) is 2. The number of benzene rings is 2. The first-order valence-electron chi connectivity index (χ1n) is 9.64. The summed E-state index contributed by atoms with van der Waals surface area (Å²) >= 11 is 1.18. The average molecular weight is 433 g/mol. The van der Waals surface area contributed by atoms with Gasteiger partial charge in [0.1, 0.15) is 5.52 Å². The predicted molar refractivity (Wildman–Crippen MR) is 122 cm³/mol. The lowest BCUT2D eigenvalue weighted by Crippen LogP contribution is -2.23. The molecule has 0 aliphatic rings. The van der Waals surface area contributed by atoms with Gasteiger partial charge in [0.05, 0.1) is 17.0 Å². The molecule has 0 aliphatic carbocycles. The third-order valence-electron chi connectivity index (χ3n) is 4.66. The number of aryl methyl sites for hydroxylation is 1. The number of carbonyl (C=O) groups is 2. The van der Waals surface area contributed by atoms with E-state index >= 15 is 0 Å². The Hall–Kier alpha value is -3.65. The molecule has 0 aliphatic heterocycles. The van der Waals surface area contributed by atoms with Crippen molar-refractivity contribution in [2.24, 2.45) is 0 Å². The van der Waals surface area contributed by atoms with Crippen LogP contribution in [0.25, 0.3) is 16.7 Å². The molecule has 0 spiro atoms. The van der Waals surface area contributed by atoms with E-state index in [-0.39, 0.29) is 23.0 Å². The highest BCUT2D eigenvalue weighted by Crippen LogP contribution is 2.22. The SMILES string of the molecule is CC(=O)c1cccc(NC(=O)CSc2nc3cc(C)[nH]c3c(=O)n2-c2ccccc2)c1. The zero-order valence-corrected chi connectivity index (χ0v) is 17.8. The number of aromatic amines is 1. The summed E-state index contributed by atoms with van der Waals surface area (Å²) in [5, 5.41) is 3.22. The summed E-state index contributed by atoms with van der Waals surface area (Å²) in [6, 6.07) is 17.8. The van der Waals surface area contributed by atoms with Crippen molar-refractivity contribution in [3.63, 3.8) is 0 Å². The number of para-hydroxylation sites is 1. The molecule has 8 heteroatoms. The van der Waals surface area contributed by atoms with E-state index in [1.807, 2.05) is 43.3 Å². The second-order valence-electron chi connectivity index (χ2n) is 7.06. The van der Waals surface area contributed by atoms with Gasteiger partial charge in [0.2, 0.25) is 5.91 Å². The zero-order chi connectivity index (χ0) is 22.0. The Morgan fingerprint density at radius 2 is 1.87 bits per heavy atom. The van der Waals surface area contributed by atoms with Crippen LogP contribution in [0.3, 0.4) is 0 Å². The van der Waals surface area contributed by atoms with E-state index in [0.717, 1.165) is 5.69 Å². The van der Waals surface area contributed by atoms with Crippen LogP contribution in [-0.2, 0) is 4.79 Å². The number of anilines is 1. The first-order chi connectivity index (χ1) is 14.9. The highest BCUT2D eigenvalue weighted by atomic mass is 32.2. The summed E-state index contributed by atoms with van der Waals surface area (Å²) < 4.78 is 1.51. The van der Waals surface area contributed by atoms with E-state index in [0.29, 0.717) is 33.1 Å². The number of rotatable bonds is 6. The van der Waals surface area contributed by atoms with Gasteiger partial charge >= 0.3 is 0 Å². The highest BCUT2D eigenvalue weighted by molar-refractivity contribution is 7.99. The molecule has 0 bridgehead atoms. The van der Waals surface area contributed by atoms with Crippen LogP contribution in [-0.4, -0.2) is 32.0 Å². The van der Waals surface area contributed by atoms with Gasteiger partial charge in [-0.25, -0.2) is 4.98 Å². The molecular formula is C23H20N4O3S. The molecule has 2 heterocycles. The summed E-state index contributed by atoms with van der Waals surface area (Å²) in [5.41, 5.74) is 3.35. The first kappa shape index (κ1) is 20.6. The number of nitrogens with zero attached hydrogens (tertiary/aromatic N) is 2. The maximum Gasteiger partial charge on any atom is 0.283 e. The zero-order valence-electron chi connectivity index (χ0n) is 17.0. The number of aromatic nitrogens is 3. The summed E-state index contributed by atoms with van der Waals surface area (Å²) in [5.74, 6) is -0.278. The number of ketones is 1. The number of H-pyrrole nitrogens is 1. The van der Waals surface area contributed by atoms with Crippen molar-refractivity contribution in [2.45, 2.75) is 19.0 Å². The quantitative estimate of drug-likeness (QED) is 0.273. The van der Waals surface area contributed by atoms with Crippen molar-refractivity contribution in [1.29, 1.82) is 0 Å². The van der Waals surface area contributed by atoms with Crippen molar-refractivity contribution in [1.82, 2.24) is 14.5 Å². The lowest BCUT2D eigenvalue weighted by atomic mass is 10.1. The standard InChI is InChI=1S/C23H20N4O3S/c1-14-11-19-21(24-14)22(30)27(18-9-4-3-5-10-18)23(26-19)31-13-20(29)25-17-8-6-7-16(12-17)15(2)28/h3-12,24H,13H2,1-2H3,(H,25,29). The first-order valence-corrected chi connectivity index (χ1v) is 10.6. The molecule has 2 N–H and O–H groups in total. The van der Waals surface area contributed by atoms with Gasteiger partial charge in [-0.1, -0.05) is 42.1 Å². The molecule has 0 radical (unpaired) electrons. The smallest absolute Gasteiger partial charge is 0.283 e. The lowest BCUT2D eigenvalue weighted by molar-refractivity contribution is -0.113. The Morgan fingerprint density at radius 3 is 2.61 bits per heavy atom. The van der Waals surface area contributed by atoms with Gasteiger partial charge in [-0.2, -0.15) is 0 Å². The summed E-state index contributed by atoms with van der Waals surface area (Å²) in [6.45, 7) is 3.34. The maximum absolute atomic E-state index is 13.1. The Labute approximate surface area is 182 Å². The van der Waals surface area contributed by atoms with Crippen molar-refractivity contribution >= 4 is 40.2 Å². The molecule has 0 saturated heterocycles. The Bertz CT molecular complexity index is 1340. The minimum Gasteiger partial charge on any atom is -0.353 e. The molecule has 31 heavy (non-hydrogen) atoms. The second-order valence-corrected chi connectivity index (χ2v) is 8.00. The number of hydrogen-bond acceptors (Lipinski definition) is 5. The van der Waals surface area contributed by atoms with Crippen LogP contribution < -0.4 is 10.9 Å². The van der Waals surface area contributed by atoms with E-state index in [2.05, 4.69) is 15.3 Å². The van der Waals surface area contributed by atoms with Gasteiger partial charge in [-0.15, -0.1) is 0 Å². The summed E-state index contributed by atoms with van der Waals surface area (Å²) in [6.07, 6.45) is 0. The molecule has 0 saturated carbocycles. The molecule has 2 aromatic carbocycles. The van der Waals surface area contributed by atoms with Gasteiger partial charge in [0, 0.05) is 16.9 Å². The van der Waals surface area contributed by atoms with Gasteiger partial charge in [-0.05, 0) is 44.2 Å². The van der Waals surface area contributed by atoms with Crippen molar-refractivity contribution in [3.8, 4) is 5.69 Å². The lowest BCUT2D eigenvalue weighted by Gasteiger charge is -2.12. The van der Waals surface area contributed by atoms with E-state index in [1.54, 1.807) is 24.3 Å². The Balaban J connectivity index is 1.62. The van der Waals surface area contributed by atoms with Crippen molar-refractivity contribution < 1.29 is 9.59 Å². The third-order valence-corrected chi connectivity index (χ3v) is 5.59. The normalized spacial score (nSPS) is 10.9. The fourth-order valence-corrected chi connectivity index (χ4v) is 4.03. The summed E-state index contributed by atoms with van der Waals surface area (Å²) in [4.78, 5) is 44.9. The number of Topliss-reactive ketones (excluding diaryl/α,β-unsaturated/α-hetero) is 1. The number of thioether (sulfide) groups is 1. The topological polar surface area (TPSA) is 96.8 Å². The van der Waals surface area contributed by atoms with Crippen LogP contribution in [0, 0.1) is 6.92 Å². The highest BCUT2D eigenvalue weighted by Gasteiger charge is 2.16. The van der Waals surface area contributed by atoms with E-state index in [9.17, 15) is 14.4 Å². The maximum atomic E-state index is 13.1. The van der Waals surface area contributed by atoms with Gasteiger partial charge in [0.25, 0.3) is 5.56 Å². The van der Waals surface area contributed by atoms with Crippen LogP contribution in [0.2, 0.25) is 0 Å². The van der Waals surface area contributed by atoms with Crippen LogP contribution in [0.1, 0.15) is 23.0 Å². The van der Waals surface area contributed by atoms with E-state index < -0.39 is 0 Å². The monoisotopic (exact) mass is 432 g/mol. The number of amides is 1. The van der Waals surface area contributed by atoms with E-state index in [1.165, 1.54) is 23.3 Å². The molecule has 7 nitrogen and oxygen atoms in total. The average Bonchev–Trinajstić information content (AvgIpc) is 3.13. The van der Waals surface area contributed by atoms with Gasteiger partial charge < -0.3 is 10.3 Å². The predicted octanol–water partition coefficient (Wildman–Crippen LogP) is 3.96. The molecule has 4 aromatic rings. The Kier molecular flexibility index (Phi) is 5.73. The fourth-order valence-electron chi connectivity index (χ4n) is 3.22. The molecule has 0 fully saturated rings. The van der Waals surface area contributed by atoms with Crippen molar-refractivity contribution in [2.75, 3.05) is 11.1 Å². The molecular weight excluding hydrogens is 412 g/mol. The number of fused-ring (bicyclic) bond motifs is 1. The Morgan fingerprint density at radius 1 is 1.10 bits per heavy atom.